The molecule has 0 unspecified atom stereocenters. The first-order chi connectivity index (χ1) is 14.6. The number of allylic oxidation sites excluding steroid dienone is 1. The number of aryl methyl sites for hydroxylation is 2. The lowest BCUT2D eigenvalue weighted by atomic mass is 9.94. The molecule has 1 aliphatic rings. The van der Waals surface area contributed by atoms with Gasteiger partial charge in [0.2, 0.25) is 11.0 Å². The number of hydrogen-bond donors (Lipinski definition) is 1. The van der Waals surface area contributed by atoms with Gasteiger partial charge in [-0.3, -0.25) is 10.1 Å². The van der Waals surface area contributed by atoms with Gasteiger partial charge >= 0.3 is 0 Å². The number of aromatic nitrogens is 2. The molecule has 0 bridgehead atoms. The summed E-state index contributed by atoms with van der Waals surface area (Å²) >= 11 is 2.99. The topological polar surface area (TPSA) is 77.2 Å². The second-order valence-corrected chi connectivity index (χ2v) is 9.60. The highest BCUT2D eigenvalue weighted by Crippen LogP contribution is 2.38. The number of ether oxygens (including phenoxy) is 1. The Morgan fingerprint density at radius 3 is 2.93 bits per heavy atom. The predicted octanol–water partition coefficient (Wildman–Crippen LogP) is 5.72. The predicted molar refractivity (Wildman–Crippen MR) is 123 cm³/mol. The standard InChI is InChI=1S/C22H25N3O3S2/c1-4-27-18-12-19-16(14-8-6-7-9-17(14)28-19)11-15(18)13(3)10-20(26)23-21-24-25-22(30-21)29-5-2/h10-12H,4-9H2,1-3H3,(H,23,24,26)/b13-10+. The van der Waals surface area contributed by atoms with Crippen molar-refractivity contribution in [2.24, 2.45) is 0 Å². The summed E-state index contributed by atoms with van der Waals surface area (Å²) in [4.78, 5) is 12.6. The third-order valence-corrected chi connectivity index (χ3v) is 6.89. The van der Waals surface area contributed by atoms with Crippen molar-refractivity contribution in [1.82, 2.24) is 10.2 Å². The summed E-state index contributed by atoms with van der Waals surface area (Å²) in [5.74, 6) is 2.51. The van der Waals surface area contributed by atoms with Gasteiger partial charge in [-0.15, -0.1) is 10.2 Å². The molecule has 3 aromatic rings. The molecule has 30 heavy (non-hydrogen) atoms. The molecule has 158 valence electrons. The summed E-state index contributed by atoms with van der Waals surface area (Å²) < 4.78 is 12.8. The van der Waals surface area contributed by atoms with E-state index in [2.05, 4.69) is 28.5 Å². The Hall–Kier alpha value is -2.32. The van der Waals surface area contributed by atoms with Crippen LogP contribution in [0.2, 0.25) is 0 Å². The molecule has 2 aromatic heterocycles. The van der Waals surface area contributed by atoms with Crippen molar-refractivity contribution < 1.29 is 13.9 Å². The van der Waals surface area contributed by atoms with E-state index in [1.807, 2.05) is 19.9 Å². The lowest BCUT2D eigenvalue weighted by Gasteiger charge is -2.12. The van der Waals surface area contributed by atoms with Gasteiger partial charge in [-0.25, -0.2) is 0 Å². The lowest BCUT2D eigenvalue weighted by Crippen LogP contribution is -2.08. The fourth-order valence-electron chi connectivity index (χ4n) is 3.73. The Bertz CT molecular complexity index is 1100. The molecule has 6 nitrogen and oxygen atoms in total. The number of thioether (sulfide) groups is 1. The molecule has 0 atom stereocenters. The molecule has 8 heteroatoms. The Balaban J connectivity index is 1.63. The third kappa shape index (κ3) is 4.39. The third-order valence-electron chi connectivity index (χ3n) is 5.03. The maximum Gasteiger partial charge on any atom is 0.250 e. The summed E-state index contributed by atoms with van der Waals surface area (Å²) in [6, 6.07) is 4.06. The van der Waals surface area contributed by atoms with Crippen LogP contribution in [0.25, 0.3) is 16.5 Å². The van der Waals surface area contributed by atoms with E-state index in [4.69, 9.17) is 9.15 Å². The molecule has 0 spiro atoms. The molecule has 1 N–H and O–H groups in total. The molecule has 0 saturated carbocycles. The van der Waals surface area contributed by atoms with Crippen LogP contribution in [0.1, 0.15) is 50.5 Å². The van der Waals surface area contributed by atoms with Gasteiger partial charge in [0.1, 0.15) is 17.1 Å². The minimum atomic E-state index is -0.228. The van der Waals surface area contributed by atoms with Crippen LogP contribution in [-0.4, -0.2) is 28.5 Å². The molecular weight excluding hydrogens is 418 g/mol. The number of furan rings is 1. The molecule has 0 fully saturated rings. The van der Waals surface area contributed by atoms with E-state index >= 15 is 0 Å². The van der Waals surface area contributed by atoms with Crippen LogP contribution in [0.3, 0.4) is 0 Å². The van der Waals surface area contributed by atoms with Gasteiger partial charge in [0, 0.05) is 35.1 Å². The van der Waals surface area contributed by atoms with Gasteiger partial charge in [-0.05, 0) is 50.5 Å². The Morgan fingerprint density at radius 2 is 2.13 bits per heavy atom. The summed E-state index contributed by atoms with van der Waals surface area (Å²) in [6.45, 7) is 6.48. The zero-order valence-corrected chi connectivity index (χ0v) is 19.0. The van der Waals surface area contributed by atoms with Crippen molar-refractivity contribution in [3.05, 3.63) is 35.1 Å². The van der Waals surface area contributed by atoms with Crippen LogP contribution in [0, 0.1) is 0 Å². The van der Waals surface area contributed by atoms with Crippen molar-refractivity contribution in [3.8, 4) is 5.75 Å². The maximum absolute atomic E-state index is 12.6. The highest BCUT2D eigenvalue weighted by atomic mass is 32.2. The number of hydrogen-bond acceptors (Lipinski definition) is 7. The van der Waals surface area contributed by atoms with Crippen molar-refractivity contribution >= 4 is 50.7 Å². The average Bonchev–Trinajstić information content (AvgIpc) is 3.31. The van der Waals surface area contributed by atoms with Crippen LogP contribution < -0.4 is 10.1 Å². The van der Waals surface area contributed by atoms with Crippen LogP contribution in [-0.2, 0) is 17.6 Å². The van der Waals surface area contributed by atoms with Gasteiger partial charge in [-0.2, -0.15) is 0 Å². The van der Waals surface area contributed by atoms with Gasteiger partial charge in [0.25, 0.3) is 0 Å². The first-order valence-electron chi connectivity index (χ1n) is 10.3. The number of fused-ring (bicyclic) bond motifs is 3. The van der Waals surface area contributed by atoms with Crippen LogP contribution in [0.15, 0.2) is 27.0 Å². The number of carbonyl (C=O) groups is 1. The van der Waals surface area contributed by atoms with E-state index in [1.54, 1.807) is 17.8 Å². The van der Waals surface area contributed by atoms with E-state index in [0.717, 1.165) is 56.5 Å². The fraction of sp³-hybridized carbons (Fsp3) is 0.409. The average molecular weight is 444 g/mol. The molecule has 0 saturated heterocycles. The monoisotopic (exact) mass is 443 g/mol. The van der Waals surface area contributed by atoms with Crippen molar-refractivity contribution in [1.29, 1.82) is 0 Å². The number of nitrogens with zero attached hydrogens (tertiary/aromatic N) is 2. The molecule has 2 heterocycles. The van der Waals surface area contributed by atoms with Crippen LogP contribution in [0.4, 0.5) is 5.13 Å². The molecule has 0 aliphatic heterocycles. The van der Waals surface area contributed by atoms with Crippen LogP contribution >= 0.6 is 23.1 Å². The number of nitrogens with one attached hydrogen (secondary N) is 1. The molecule has 1 aromatic carbocycles. The molecule has 4 rings (SSSR count). The molecule has 1 amide bonds. The van der Waals surface area contributed by atoms with E-state index in [9.17, 15) is 4.79 Å². The number of carbonyl (C=O) groups excluding carboxylic acids is 1. The zero-order valence-electron chi connectivity index (χ0n) is 17.4. The molecule has 1 aliphatic carbocycles. The second-order valence-electron chi connectivity index (χ2n) is 7.11. The van der Waals surface area contributed by atoms with Crippen molar-refractivity contribution in [2.45, 2.75) is 50.8 Å². The summed E-state index contributed by atoms with van der Waals surface area (Å²) in [7, 11) is 0. The van der Waals surface area contributed by atoms with Gasteiger partial charge in [0.05, 0.1) is 6.61 Å². The Morgan fingerprint density at radius 1 is 1.30 bits per heavy atom. The highest BCUT2D eigenvalue weighted by molar-refractivity contribution is 8.01. The maximum atomic E-state index is 12.6. The van der Waals surface area contributed by atoms with Gasteiger partial charge in [-0.1, -0.05) is 30.0 Å². The highest BCUT2D eigenvalue weighted by Gasteiger charge is 2.20. The van der Waals surface area contributed by atoms with Crippen LogP contribution in [0.5, 0.6) is 5.75 Å². The summed E-state index contributed by atoms with van der Waals surface area (Å²) in [5.41, 5.74) is 3.90. The van der Waals surface area contributed by atoms with E-state index < -0.39 is 0 Å². The molecule has 0 radical (unpaired) electrons. The quantitative estimate of drug-likeness (QED) is 0.286. The first-order valence-corrected chi connectivity index (χ1v) is 12.1. The number of rotatable bonds is 7. The smallest absolute Gasteiger partial charge is 0.250 e. The van der Waals surface area contributed by atoms with Crippen molar-refractivity contribution in [3.63, 3.8) is 0 Å². The van der Waals surface area contributed by atoms with Gasteiger partial charge in [0.15, 0.2) is 4.34 Å². The normalized spacial score (nSPS) is 14.0. The number of anilines is 1. The first kappa shape index (κ1) is 20.9. The van der Waals surface area contributed by atoms with E-state index in [-0.39, 0.29) is 5.91 Å². The zero-order chi connectivity index (χ0) is 21.1. The fourth-order valence-corrected chi connectivity index (χ4v) is 5.38. The van der Waals surface area contributed by atoms with E-state index in [1.165, 1.54) is 29.7 Å². The SMILES string of the molecule is CCOc1cc2oc3c(c2cc1/C(C)=C/C(=O)Nc1nnc(SCC)s1)CCCC3. The minimum Gasteiger partial charge on any atom is -0.493 e. The molecular formula is C22H25N3O3S2. The number of benzene rings is 1. The van der Waals surface area contributed by atoms with Gasteiger partial charge < -0.3 is 9.15 Å². The van der Waals surface area contributed by atoms with Crippen molar-refractivity contribution in [2.75, 3.05) is 17.7 Å². The second kappa shape index (κ2) is 9.22. The largest absolute Gasteiger partial charge is 0.493 e. The summed E-state index contributed by atoms with van der Waals surface area (Å²) in [6.07, 6.45) is 5.96. The van der Waals surface area contributed by atoms with E-state index in [0.29, 0.717) is 11.7 Å². The minimum absolute atomic E-state index is 0.228. The number of amides is 1. The lowest BCUT2D eigenvalue weighted by molar-refractivity contribution is -0.111. The Labute approximate surface area is 184 Å². The Kier molecular flexibility index (Phi) is 6.43. The summed E-state index contributed by atoms with van der Waals surface area (Å²) in [5, 5.41) is 12.5.